The van der Waals surface area contributed by atoms with Crippen molar-refractivity contribution in [2.75, 3.05) is 6.61 Å². The van der Waals surface area contributed by atoms with Gasteiger partial charge in [0, 0.05) is 12.3 Å². The van der Waals surface area contributed by atoms with E-state index in [4.69, 9.17) is 9.84 Å². The van der Waals surface area contributed by atoms with Gasteiger partial charge in [0.05, 0.1) is 6.61 Å². The number of hydrogen-bond donors (Lipinski definition) is 3. The first-order valence-corrected chi connectivity index (χ1v) is 6.04. The van der Waals surface area contributed by atoms with E-state index in [0.29, 0.717) is 0 Å². The van der Waals surface area contributed by atoms with Crippen molar-refractivity contribution in [3.63, 3.8) is 0 Å². The van der Waals surface area contributed by atoms with E-state index < -0.39 is 30.6 Å². The van der Waals surface area contributed by atoms with Crippen molar-refractivity contribution in [3.05, 3.63) is 28.9 Å². The molecule has 3 N–H and O–H groups in total. The molecule has 0 aliphatic carbocycles. The third-order valence-electron chi connectivity index (χ3n) is 3.51. The Bertz CT molecular complexity index is 693. The van der Waals surface area contributed by atoms with Crippen LogP contribution in [0.3, 0.4) is 0 Å². The molecule has 3 rings (SSSR count). The first-order chi connectivity index (χ1) is 9.46. The molecule has 0 bridgehead atoms. The highest BCUT2D eigenvalue weighted by Crippen LogP contribution is 2.38. The summed E-state index contributed by atoms with van der Waals surface area (Å²) in [4.78, 5) is 15.6. The molecular weight excluding hydrogens is 268 g/mol. The SMILES string of the molecule is C[C@@]1(O)[C@H](O)[C@@H](CO)O[C@H]1n1cnn2c(=O)ccnc12. The number of nitrogens with zero attached hydrogens (tertiary/aromatic N) is 4. The lowest BCUT2D eigenvalue weighted by atomic mass is 9.97. The van der Waals surface area contributed by atoms with Crippen LogP contribution >= 0.6 is 0 Å². The number of hydrogen-bond acceptors (Lipinski definition) is 7. The second-order valence-electron chi connectivity index (χ2n) is 4.91. The minimum Gasteiger partial charge on any atom is -0.394 e. The van der Waals surface area contributed by atoms with E-state index in [-0.39, 0.29) is 11.3 Å². The largest absolute Gasteiger partial charge is 0.394 e. The fourth-order valence-corrected chi connectivity index (χ4v) is 2.39. The van der Waals surface area contributed by atoms with Crippen LogP contribution in [-0.4, -0.2) is 58.9 Å². The van der Waals surface area contributed by atoms with Gasteiger partial charge in [0.1, 0.15) is 24.1 Å². The van der Waals surface area contributed by atoms with Gasteiger partial charge >= 0.3 is 0 Å². The Balaban J connectivity index is 2.12. The molecule has 4 atom stereocenters. The monoisotopic (exact) mass is 282 g/mol. The Labute approximate surface area is 112 Å². The molecule has 1 aliphatic heterocycles. The van der Waals surface area contributed by atoms with E-state index in [1.165, 1.54) is 30.1 Å². The van der Waals surface area contributed by atoms with E-state index in [9.17, 15) is 15.0 Å². The molecule has 3 heterocycles. The summed E-state index contributed by atoms with van der Waals surface area (Å²) < 4.78 is 7.85. The summed E-state index contributed by atoms with van der Waals surface area (Å²) in [5, 5.41) is 33.4. The van der Waals surface area contributed by atoms with Gasteiger partial charge in [-0.1, -0.05) is 0 Å². The number of ether oxygens (including phenoxy) is 1. The number of rotatable bonds is 2. The smallest absolute Gasteiger partial charge is 0.275 e. The summed E-state index contributed by atoms with van der Waals surface area (Å²) >= 11 is 0. The lowest BCUT2D eigenvalue weighted by Gasteiger charge is -2.26. The van der Waals surface area contributed by atoms with Crippen LogP contribution in [0.1, 0.15) is 13.2 Å². The van der Waals surface area contributed by atoms with Gasteiger partial charge in [0.15, 0.2) is 6.23 Å². The third-order valence-corrected chi connectivity index (χ3v) is 3.51. The Morgan fingerprint density at radius 3 is 2.95 bits per heavy atom. The van der Waals surface area contributed by atoms with Gasteiger partial charge in [-0.3, -0.25) is 9.36 Å². The summed E-state index contributed by atoms with van der Waals surface area (Å²) in [6, 6.07) is 1.25. The van der Waals surface area contributed by atoms with Crippen LogP contribution in [0, 0.1) is 0 Å². The fraction of sp³-hybridized carbons (Fsp3) is 0.545. The molecule has 9 nitrogen and oxygen atoms in total. The maximum Gasteiger partial charge on any atom is 0.275 e. The molecule has 9 heteroatoms. The number of aliphatic hydroxyl groups excluding tert-OH is 2. The minimum absolute atomic E-state index is 0.175. The summed E-state index contributed by atoms with van der Waals surface area (Å²) in [7, 11) is 0. The zero-order valence-corrected chi connectivity index (χ0v) is 10.6. The standard InChI is InChI=1S/C11H14N4O5/c1-11(19)8(18)6(4-16)20-9(11)14-5-13-15-7(17)2-3-12-10(14)15/h2-3,5-6,8-9,16,18-19H,4H2,1H3/t6-,8-,9-,11-/m1/s1. The maximum absolute atomic E-state index is 11.6. The van der Waals surface area contributed by atoms with Gasteiger partial charge in [-0.05, 0) is 6.92 Å². The molecule has 0 saturated carbocycles. The number of aromatic nitrogens is 4. The van der Waals surface area contributed by atoms with Crippen molar-refractivity contribution < 1.29 is 20.1 Å². The van der Waals surface area contributed by atoms with Crippen molar-refractivity contribution >= 4 is 5.78 Å². The molecule has 1 fully saturated rings. The molecule has 2 aromatic rings. The molecule has 1 saturated heterocycles. The van der Waals surface area contributed by atoms with E-state index >= 15 is 0 Å². The van der Waals surface area contributed by atoms with Crippen molar-refractivity contribution in [3.8, 4) is 0 Å². The Kier molecular flexibility index (Phi) is 2.87. The summed E-state index contributed by atoms with van der Waals surface area (Å²) in [6.07, 6.45) is -0.598. The zero-order valence-electron chi connectivity index (χ0n) is 10.6. The first-order valence-electron chi connectivity index (χ1n) is 6.04. The van der Waals surface area contributed by atoms with Crippen molar-refractivity contribution in [2.24, 2.45) is 0 Å². The molecule has 0 amide bonds. The molecule has 20 heavy (non-hydrogen) atoms. The second-order valence-corrected chi connectivity index (χ2v) is 4.91. The van der Waals surface area contributed by atoms with Crippen LogP contribution in [0.4, 0.5) is 0 Å². The quantitative estimate of drug-likeness (QED) is 0.576. The summed E-state index contributed by atoms with van der Waals surface area (Å²) in [5.41, 5.74) is -2.02. The van der Waals surface area contributed by atoms with Crippen LogP contribution in [0.15, 0.2) is 23.4 Å². The van der Waals surface area contributed by atoms with Crippen LogP contribution < -0.4 is 5.56 Å². The molecule has 0 aromatic carbocycles. The van der Waals surface area contributed by atoms with E-state index in [0.717, 1.165) is 4.52 Å². The second kappa shape index (κ2) is 4.35. The van der Waals surface area contributed by atoms with Gasteiger partial charge in [-0.15, -0.1) is 0 Å². The molecule has 108 valence electrons. The van der Waals surface area contributed by atoms with E-state index in [1.54, 1.807) is 0 Å². The van der Waals surface area contributed by atoms with Gasteiger partial charge < -0.3 is 20.1 Å². The lowest BCUT2D eigenvalue weighted by Crippen LogP contribution is -2.44. The van der Waals surface area contributed by atoms with Crippen LogP contribution in [-0.2, 0) is 4.74 Å². The number of aliphatic hydroxyl groups is 3. The molecule has 0 radical (unpaired) electrons. The Morgan fingerprint density at radius 2 is 2.30 bits per heavy atom. The highest BCUT2D eigenvalue weighted by Gasteiger charge is 2.53. The fourth-order valence-electron chi connectivity index (χ4n) is 2.39. The summed E-state index contributed by atoms with van der Waals surface area (Å²) in [6.45, 7) is 0.948. The van der Waals surface area contributed by atoms with E-state index in [1.807, 2.05) is 0 Å². The van der Waals surface area contributed by atoms with Gasteiger partial charge in [-0.2, -0.15) is 9.61 Å². The van der Waals surface area contributed by atoms with Gasteiger partial charge in [0.2, 0.25) is 5.78 Å². The lowest BCUT2D eigenvalue weighted by molar-refractivity contribution is -0.0951. The highest BCUT2D eigenvalue weighted by molar-refractivity contribution is 5.27. The van der Waals surface area contributed by atoms with Crippen LogP contribution in [0.25, 0.3) is 5.78 Å². The van der Waals surface area contributed by atoms with E-state index in [2.05, 4.69) is 10.1 Å². The van der Waals surface area contributed by atoms with Gasteiger partial charge in [0.25, 0.3) is 5.56 Å². The molecule has 1 aliphatic rings. The Morgan fingerprint density at radius 1 is 1.55 bits per heavy atom. The van der Waals surface area contributed by atoms with Gasteiger partial charge in [-0.25, -0.2) is 4.98 Å². The highest BCUT2D eigenvalue weighted by atomic mass is 16.6. The average molecular weight is 282 g/mol. The van der Waals surface area contributed by atoms with Crippen molar-refractivity contribution in [1.29, 1.82) is 0 Å². The normalized spacial score (nSPS) is 33.9. The van der Waals surface area contributed by atoms with Crippen molar-refractivity contribution in [1.82, 2.24) is 19.2 Å². The predicted octanol–water partition coefficient (Wildman–Crippen LogP) is -2.11. The third kappa shape index (κ3) is 1.68. The molecular formula is C11H14N4O5. The Hall–Kier alpha value is -1.81. The average Bonchev–Trinajstić information content (AvgIpc) is 2.92. The number of fused-ring (bicyclic) bond motifs is 1. The first kappa shape index (κ1) is 13.2. The topological polar surface area (TPSA) is 122 Å². The minimum atomic E-state index is -1.65. The molecule has 0 spiro atoms. The maximum atomic E-state index is 11.6. The summed E-state index contributed by atoms with van der Waals surface area (Å²) in [5.74, 6) is 0.175. The van der Waals surface area contributed by atoms with Crippen LogP contribution in [0.5, 0.6) is 0 Å². The molecule has 2 aromatic heterocycles. The van der Waals surface area contributed by atoms with Crippen molar-refractivity contribution in [2.45, 2.75) is 31.0 Å². The predicted molar refractivity (Wildman–Crippen MR) is 64.9 cm³/mol. The zero-order chi connectivity index (χ0) is 14.5. The van der Waals surface area contributed by atoms with Crippen LogP contribution in [0.2, 0.25) is 0 Å². The molecule has 0 unspecified atom stereocenters.